The molecule has 5 rings (SSSR count). The highest BCUT2D eigenvalue weighted by Crippen LogP contribution is 2.40. The van der Waals surface area contributed by atoms with Crippen molar-refractivity contribution in [2.45, 2.75) is 56.7 Å². The third kappa shape index (κ3) is 6.81. The molecule has 3 atom stereocenters. The zero-order chi connectivity index (χ0) is 30.0. The smallest absolute Gasteiger partial charge is 0.395 e. The van der Waals surface area contributed by atoms with Crippen LogP contribution in [0.3, 0.4) is 0 Å². The summed E-state index contributed by atoms with van der Waals surface area (Å²) in [6, 6.07) is 11.0. The molecule has 0 saturated heterocycles. The number of nitrogens with two attached hydrogens (primary N) is 1. The number of rotatable bonds is 8. The maximum Gasteiger partial charge on any atom is 0.395 e. The van der Waals surface area contributed by atoms with Crippen LogP contribution in [0.2, 0.25) is 5.02 Å². The van der Waals surface area contributed by atoms with E-state index in [9.17, 15) is 27.9 Å². The second-order valence-electron chi connectivity index (χ2n) is 10.6. The molecule has 12 heteroatoms. The van der Waals surface area contributed by atoms with Gasteiger partial charge in [0, 0.05) is 35.4 Å². The molecule has 2 heterocycles. The summed E-state index contributed by atoms with van der Waals surface area (Å²) in [7, 11) is 0. The Bertz CT molecular complexity index is 1490. The molecule has 0 bridgehead atoms. The van der Waals surface area contributed by atoms with Gasteiger partial charge < -0.3 is 25.6 Å². The first kappa shape index (κ1) is 30.1. The summed E-state index contributed by atoms with van der Waals surface area (Å²) in [6.07, 6.45) is -1.59. The van der Waals surface area contributed by atoms with E-state index in [2.05, 4.69) is 5.32 Å². The zero-order valence-corrected chi connectivity index (χ0v) is 23.3. The van der Waals surface area contributed by atoms with Crippen LogP contribution in [0.15, 0.2) is 59.5 Å². The molecule has 1 fully saturated rings. The number of alkyl halides is 3. The number of aromatic nitrogens is 1. The number of carbonyl (C=O) groups excluding carboxylic acids is 1. The fraction of sp³-hybridized carbons (Fsp3) is 0.400. The third-order valence-electron chi connectivity index (χ3n) is 7.73. The van der Waals surface area contributed by atoms with Crippen molar-refractivity contribution < 1.29 is 32.5 Å². The predicted octanol–water partition coefficient (Wildman–Crippen LogP) is 5.37. The highest BCUT2D eigenvalue weighted by Gasteiger charge is 2.41. The highest BCUT2D eigenvalue weighted by atomic mass is 35.5. The van der Waals surface area contributed by atoms with E-state index in [1.54, 1.807) is 24.3 Å². The number of nitrogens with zero attached hydrogens (tertiary/aromatic N) is 1. The van der Waals surface area contributed by atoms with Gasteiger partial charge in [-0.25, -0.2) is 0 Å². The Balaban J connectivity index is 1.51. The number of carbonyl (C=O) groups is 1. The van der Waals surface area contributed by atoms with Gasteiger partial charge in [0.1, 0.15) is 24.6 Å². The van der Waals surface area contributed by atoms with E-state index in [4.69, 9.17) is 26.8 Å². The van der Waals surface area contributed by atoms with Crippen LogP contribution in [0.1, 0.15) is 49.1 Å². The van der Waals surface area contributed by atoms with E-state index in [1.807, 2.05) is 0 Å². The minimum absolute atomic E-state index is 0.0334. The Morgan fingerprint density at radius 1 is 1.17 bits per heavy atom. The Morgan fingerprint density at radius 2 is 1.90 bits per heavy atom. The van der Waals surface area contributed by atoms with Gasteiger partial charge in [-0.05, 0) is 66.6 Å². The number of hydrogen-bond donors (Lipinski definition) is 3. The molecule has 1 aliphatic heterocycles. The number of fused-ring (bicyclic) bond motifs is 3. The summed E-state index contributed by atoms with van der Waals surface area (Å²) in [4.78, 5) is 27.1. The van der Waals surface area contributed by atoms with Gasteiger partial charge in [-0.2, -0.15) is 13.2 Å². The molecule has 8 nitrogen and oxygen atoms in total. The summed E-state index contributed by atoms with van der Waals surface area (Å²) in [5.74, 6) is -2.28. The fourth-order valence-electron chi connectivity index (χ4n) is 5.07. The molecule has 1 saturated carbocycles. The number of nitrogens with one attached hydrogen (secondary N) is 1. The van der Waals surface area contributed by atoms with Crippen molar-refractivity contribution >= 4 is 23.2 Å². The standard InChI is InChI=1S/C30H31ClF3N3O5/c31-20-7-4-18-12-19(30(32,33)34)16-42-26-15-37(27(38)14-24(26)23(18)13-20)25(10-11-41-22-2-1-3-22)29(40)36-21-8-5-17(6-9-21)28(35)39/h4-9,13-15,19,22,25,28,39H,1-3,10-12,16,35H2,(H,36,40)/t19-,25+,28?/m1/s1. The fourth-order valence-corrected chi connectivity index (χ4v) is 5.24. The number of benzene rings is 2. The molecule has 2 aromatic carbocycles. The zero-order valence-electron chi connectivity index (χ0n) is 22.6. The van der Waals surface area contributed by atoms with Crippen molar-refractivity contribution in [1.82, 2.24) is 4.57 Å². The number of anilines is 1. The molecule has 42 heavy (non-hydrogen) atoms. The van der Waals surface area contributed by atoms with E-state index in [1.165, 1.54) is 35.0 Å². The van der Waals surface area contributed by atoms with E-state index in [-0.39, 0.29) is 31.3 Å². The second-order valence-corrected chi connectivity index (χ2v) is 11.1. The number of pyridine rings is 1. The van der Waals surface area contributed by atoms with E-state index in [0.29, 0.717) is 33.0 Å². The molecular weight excluding hydrogens is 575 g/mol. The lowest BCUT2D eigenvalue weighted by Gasteiger charge is -2.28. The molecule has 1 aliphatic carbocycles. The first-order valence-electron chi connectivity index (χ1n) is 13.7. The maximum atomic E-state index is 13.8. The average Bonchev–Trinajstić information content (AvgIpc) is 2.90. The lowest BCUT2D eigenvalue weighted by molar-refractivity contribution is -0.181. The Morgan fingerprint density at radius 3 is 2.55 bits per heavy atom. The van der Waals surface area contributed by atoms with Crippen molar-refractivity contribution in [3.8, 4) is 16.9 Å². The van der Waals surface area contributed by atoms with Gasteiger partial charge in [-0.1, -0.05) is 29.8 Å². The number of ether oxygens (including phenoxy) is 2. The molecule has 3 aromatic rings. The monoisotopic (exact) mass is 605 g/mol. The quantitative estimate of drug-likeness (QED) is 0.297. The predicted molar refractivity (Wildman–Crippen MR) is 151 cm³/mol. The van der Waals surface area contributed by atoms with Gasteiger partial charge in [0.05, 0.1) is 18.2 Å². The first-order chi connectivity index (χ1) is 20.0. The SMILES string of the molecule is NC(O)c1ccc(NC(=O)[C@H](CCOC2CCC2)n2cc3c(cc2=O)-c2cc(Cl)ccc2C[C@@H](C(F)(F)F)CO3)cc1. The van der Waals surface area contributed by atoms with Crippen LogP contribution >= 0.6 is 11.6 Å². The van der Waals surface area contributed by atoms with Crippen LogP contribution in [0.4, 0.5) is 18.9 Å². The van der Waals surface area contributed by atoms with Crippen LogP contribution < -0.4 is 21.3 Å². The van der Waals surface area contributed by atoms with Crippen LogP contribution in [-0.2, 0) is 16.0 Å². The molecule has 224 valence electrons. The van der Waals surface area contributed by atoms with Crippen molar-refractivity contribution in [2.75, 3.05) is 18.5 Å². The van der Waals surface area contributed by atoms with Gasteiger partial charge in [0.25, 0.3) is 5.56 Å². The molecule has 1 aromatic heterocycles. The van der Waals surface area contributed by atoms with E-state index < -0.39 is 42.4 Å². The summed E-state index contributed by atoms with van der Waals surface area (Å²) < 4.78 is 54.3. The van der Waals surface area contributed by atoms with Crippen LogP contribution in [0.25, 0.3) is 11.1 Å². The molecular formula is C30H31ClF3N3O5. The summed E-state index contributed by atoms with van der Waals surface area (Å²) in [5.41, 5.74) is 6.85. The molecule has 1 unspecified atom stereocenters. The molecule has 0 radical (unpaired) electrons. The minimum atomic E-state index is -4.51. The molecule has 4 N–H and O–H groups in total. The van der Waals surface area contributed by atoms with Crippen molar-refractivity contribution in [3.05, 3.63) is 81.2 Å². The van der Waals surface area contributed by atoms with Gasteiger partial charge in [0.15, 0.2) is 0 Å². The van der Waals surface area contributed by atoms with E-state index >= 15 is 0 Å². The molecule has 2 aliphatic rings. The Kier molecular flexibility index (Phi) is 8.93. The minimum Gasteiger partial charge on any atom is -0.491 e. The van der Waals surface area contributed by atoms with E-state index in [0.717, 1.165) is 19.3 Å². The number of amides is 1. The largest absolute Gasteiger partial charge is 0.491 e. The second kappa shape index (κ2) is 12.5. The number of halogens is 4. The first-order valence-corrected chi connectivity index (χ1v) is 14.1. The topological polar surface area (TPSA) is 116 Å². The Hall–Kier alpha value is -3.38. The lowest BCUT2D eigenvalue weighted by atomic mass is 9.91. The maximum absolute atomic E-state index is 13.8. The summed E-state index contributed by atoms with van der Waals surface area (Å²) >= 11 is 6.20. The highest BCUT2D eigenvalue weighted by molar-refractivity contribution is 6.30. The molecule has 0 spiro atoms. The van der Waals surface area contributed by atoms with Crippen LogP contribution in [-0.4, -0.2) is 41.1 Å². The number of hydrogen-bond acceptors (Lipinski definition) is 6. The van der Waals surface area contributed by atoms with Crippen molar-refractivity contribution in [3.63, 3.8) is 0 Å². The summed E-state index contributed by atoms with van der Waals surface area (Å²) in [5, 5.41) is 12.6. The number of aliphatic hydroxyl groups is 1. The van der Waals surface area contributed by atoms with Crippen LogP contribution in [0, 0.1) is 5.92 Å². The summed E-state index contributed by atoms with van der Waals surface area (Å²) in [6.45, 7) is -0.461. The van der Waals surface area contributed by atoms with Gasteiger partial charge in [0.2, 0.25) is 5.91 Å². The average molecular weight is 606 g/mol. The molecule has 1 amide bonds. The van der Waals surface area contributed by atoms with Crippen molar-refractivity contribution in [1.29, 1.82) is 0 Å². The van der Waals surface area contributed by atoms with Gasteiger partial charge >= 0.3 is 6.18 Å². The van der Waals surface area contributed by atoms with Crippen molar-refractivity contribution in [2.24, 2.45) is 11.7 Å². The van der Waals surface area contributed by atoms with Crippen LogP contribution in [0.5, 0.6) is 5.75 Å². The lowest BCUT2D eigenvalue weighted by Crippen LogP contribution is -2.35. The van der Waals surface area contributed by atoms with Gasteiger partial charge in [-0.15, -0.1) is 0 Å². The number of aliphatic hydroxyl groups excluding tert-OH is 1. The third-order valence-corrected chi connectivity index (χ3v) is 7.97. The normalized spacial score (nSPS) is 18.4. The van der Waals surface area contributed by atoms with Gasteiger partial charge in [-0.3, -0.25) is 14.2 Å². The Labute approximate surface area is 245 Å².